The number of aromatic nitrogens is 1. The average molecular weight is 366 g/mol. The quantitative estimate of drug-likeness (QED) is 0.516. The molecule has 124 valence electrons. The maximum absolute atomic E-state index is 9.42. The molecule has 0 saturated carbocycles. The number of hydrogen-bond donors (Lipinski definition) is 4. The van der Waals surface area contributed by atoms with Crippen LogP contribution < -0.4 is 16.0 Å². The molecular weight excluding hydrogens is 352 g/mol. The van der Waals surface area contributed by atoms with E-state index in [-0.39, 0.29) is 5.75 Å². The van der Waals surface area contributed by atoms with Gasteiger partial charge in [0.05, 0.1) is 10.6 Å². The molecule has 0 aliphatic carbocycles. The van der Waals surface area contributed by atoms with Crippen LogP contribution in [0.5, 0.6) is 5.75 Å². The molecule has 0 unspecified atom stereocenters. The van der Waals surface area contributed by atoms with Crippen LogP contribution in [0.25, 0.3) is 11.8 Å². The lowest BCUT2D eigenvalue weighted by Gasteiger charge is -2.18. The fourth-order valence-electron chi connectivity index (χ4n) is 2.44. The fraction of sp³-hybridized carbons (Fsp3) is 0. The van der Waals surface area contributed by atoms with Gasteiger partial charge in [-0.25, -0.2) is 4.98 Å². The van der Waals surface area contributed by atoms with Gasteiger partial charge >= 0.3 is 0 Å². The van der Waals surface area contributed by atoms with Gasteiger partial charge in [0.1, 0.15) is 5.75 Å². The van der Waals surface area contributed by atoms with Crippen molar-refractivity contribution in [3.63, 3.8) is 0 Å². The topological polar surface area (TPSA) is 69.2 Å². The molecule has 25 heavy (non-hydrogen) atoms. The first kappa shape index (κ1) is 15.6. The van der Waals surface area contributed by atoms with Gasteiger partial charge in [0, 0.05) is 5.69 Å². The van der Waals surface area contributed by atoms with E-state index in [2.05, 4.69) is 20.9 Å². The predicted molar refractivity (Wildman–Crippen MR) is 107 cm³/mol. The van der Waals surface area contributed by atoms with Gasteiger partial charge < -0.3 is 21.1 Å². The number of aromatic hydroxyl groups is 1. The first-order valence-electron chi connectivity index (χ1n) is 7.59. The molecular formula is C18H14N4OS2. The smallest absolute Gasteiger partial charge is 0.189 e. The van der Waals surface area contributed by atoms with E-state index < -0.39 is 0 Å². The number of anilines is 3. The molecule has 0 saturated heterocycles. The van der Waals surface area contributed by atoms with Crippen LogP contribution in [-0.4, -0.2) is 15.2 Å². The number of phenols is 1. The standard InChI is InChI=1S/C18H14N4OS2/c23-13-8-6-11(7-9-13)10-14-15-16(21-17(24)20-14)22-18(25-15)19-12-4-2-1-3-5-12/h1-10,23H,(H,19,22)(H2,20,21,24). The van der Waals surface area contributed by atoms with E-state index in [1.54, 1.807) is 12.1 Å². The number of benzene rings is 2. The third-order valence-corrected chi connectivity index (χ3v) is 4.79. The van der Waals surface area contributed by atoms with E-state index in [1.165, 1.54) is 11.3 Å². The largest absolute Gasteiger partial charge is 0.508 e. The molecule has 1 aliphatic heterocycles. The highest BCUT2D eigenvalue weighted by atomic mass is 32.1. The van der Waals surface area contributed by atoms with Crippen molar-refractivity contribution in [2.75, 3.05) is 10.6 Å². The Bertz CT molecular complexity index is 949. The van der Waals surface area contributed by atoms with Crippen molar-refractivity contribution in [3.05, 3.63) is 65.0 Å². The van der Waals surface area contributed by atoms with Crippen LogP contribution in [0, 0.1) is 0 Å². The van der Waals surface area contributed by atoms with E-state index in [4.69, 9.17) is 12.2 Å². The summed E-state index contributed by atoms with van der Waals surface area (Å²) in [7, 11) is 0. The average Bonchev–Trinajstić information content (AvgIpc) is 3.00. The van der Waals surface area contributed by atoms with Gasteiger partial charge in [-0.15, -0.1) is 0 Å². The lowest BCUT2D eigenvalue weighted by molar-refractivity contribution is 0.475. The van der Waals surface area contributed by atoms with E-state index in [9.17, 15) is 5.11 Å². The van der Waals surface area contributed by atoms with Gasteiger partial charge in [-0.2, -0.15) is 0 Å². The van der Waals surface area contributed by atoms with Crippen molar-refractivity contribution in [1.82, 2.24) is 10.3 Å². The number of nitrogens with one attached hydrogen (secondary N) is 3. The Hall–Kier alpha value is -2.90. The van der Waals surface area contributed by atoms with Crippen LogP contribution in [0.2, 0.25) is 0 Å². The second-order valence-electron chi connectivity index (χ2n) is 5.42. The first-order valence-corrected chi connectivity index (χ1v) is 8.82. The summed E-state index contributed by atoms with van der Waals surface area (Å²) in [6.45, 7) is 0. The molecule has 5 nitrogen and oxygen atoms in total. The summed E-state index contributed by atoms with van der Waals surface area (Å²) in [5.41, 5.74) is 2.82. The first-order chi connectivity index (χ1) is 12.2. The number of fused-ring (bicyclic) bond motifs is 1. The third-order valence-electron chi connectivity index (χ3n) is 3.58. The number of thiazole rings is 1. The van der Waals surface area contributed by atoms with Crippen molar-refractivity contribution < 1.29 is 5.11 Å². The Kier molecular flexibility index (Phi) is 4.09. The van der Waals surface area contributed by atoms with Crippen LogP contribution in [0.4, 0.5) is 16.6 Å². The molecule has 1 aromatic heterocycles. The second-order valence-corrected chi connectivity index (χ2v) is 6.82. The summed E-state index contributed by atoms with van der Waals surface area (Å²) < 4.78 is 0. The molecule has 0 spiro atoms. The summed E-state index contributed by atoms with van der Waals surface area (Å²) in [5.74, 6) is 0.973. The number of rotatable bonds is 3. The summed E-state index contributed by atoms with van der Waals surface area (Å²) in [6, 6.07) is 16.9. The van der Waals surface area contributed by atoms with Crippen molar-refractivity contribution in [2.24, 2.45) is 0 Å². The molecule has 4 N–H and O–H groups in total. The monoisotopic (exact) mass is 366 g/mol. The molecule has 3 aromatic rings. The Labute approximate surface area is 154 Å². The van der Waals surface area contributed by atoms with Gasteiger partial charge in [0.25, 0.3) is 0 Å². The number of thiocarbonyl (C=S) groups is 1. The molecule has 2 heterocycles. The van der Waals surface area contributed by atoms with E-state index in [1.807, 2.05) is 48.5 Å². The molecule has 4 rings (SSSR count). The van der Waals surface area contributed by atoms with Crippen molar-refractivity contribution in [1.29, 1.82) is 0 Å². The lowest BCUT2D eigenvalue weighted by atomic mass is 10.1. The van der Waals surface area contributed by atoms with Crippen molar-refractivity contribution in [2.45, 2.75) is 0 Å². The van der Waals surface area contributed by atoms with Crippen molar-refractivity contribution in [3.8, 4) is 5.75 Å². The van der Waals surface area contributed by atoms with Gasteiger partial charge in [0.15, 0.2) is 16.1 Å². The Morgan fingerprint density at radius 1 is 1.04 bits per heavy atom. The number of phenolic OH excluding ortho intramolecular Hbond substituents is 1. The molecule has 7 heteroatoms. The highest BCUT2D eigenvalue weighted by Crippen LogP contribution is 2.36. The normalized spacial score (nSPS) is 14.6. The summed E-state index contributed by atoms with van der Waals surface area (Å²) in [5, 5.41) is 20.3. The van der Waals surface area contributed by atoms with Crippen LogP contribution in [-0.2, 0) is 0 Å². The minimum atomic E-state index is 0.240. The summed E-state index contributed by atoms with van der Waals surface area (Å²) in [6.07, 6.45) is 1.98. The maximum atomic E-state index is 9.42. The molecule has 0 amide bonds. The molecule has 1 aliphatic rings. The second kappa shape index (κ2) is 6.54. The zero-order chi connectivity index (χ0) is 17.2. The SMILES string of the molecule is Oc1ccc(C=C2NC(=S)Nc3nc(Nc4ccccc4)sc32)cc1. The van der Waals surface area contributed by atoms with E-state index >= 15 is 0 Å². The summed E-state index contributed by atoms with van der Waals surface area (Å²) in [4.78, 5) is 5.56. The van der Waals surface area contributed by atoms with Gasteiger partial charge in [0.2, 0.25) is 0 Å². The number of nitrogens with zero attached hydrogens (tertiary/aromatic N) is 1. The van der Waals surface area contributed by atoms with Crippen LogP contribution in [0.3, 0.4) is 0 Å². The van der Waals surface area contributed by atoms with Crippen molar-refractivity contribution >= 4 is 57.1 Å². The highest BCUT2D eigenvalue weighted by molar-refractivity contribution is 7.80. The molecule has 0 radical (unpaired) electrons. The Morgan fingerprint density at radius 2 is 1.80 bits per heavy atom. The Morgan fingerprint density at radius 3 is 2.56 bits per heavy atom. The number of hydrogen-bond acceptors (Lipinski definition) is 5. The minimum absolute atomic E-state index is 0.240. The van der Waals surface area contributed by atoms with Gasteiger partial charge in [-0.1, -0.05) is 41.7 Å². The van der Waals surface area contributed by atoms with Gasteiger partial charge in [-0.3, -0.25) is 0 Å². The lowest BCUT2D eigenvalue weighted by Crippen LogP contribution is -2.31. The van der Waals surface area contributed by atoms with Gasteiger partial charge in [-0.05, 0) is 48.1 Å². The Balaban J connectivity index is 1.68. The minimum Gasteiger partial charge on any atom is -0.508 e. The zero-order valence-corrected chi connectivity index (χ0v) is 14.6. The van der Waals surface area contributed by atoms with Crippen LogP contribution in [0.1, 0.15) is 10.4 Å². The zero-order valence-electron chi connectivity index (χ0n) is 13.0. The molecule has 0 atom stereocenters. The highest BCUT2D eigenvalue weighted by Gasteiger charge is 2.22. The van der Waals surface area contributed by atoms with Crippen LogP contribution >= 0.6 is 23.6 Å². The summed E-state index contributed by atoms with van der Waals surface area (Å²) >= 11 is 6.81. The molecule has 0 bridgehead atoms. The molecule has 0 fully saturated rings. The van der Waals surface area contributed by atoms with E-state index in [0.29, 0.717) is 5.11 Å². The van der Waals surface area contributed by atoms with E-state index in [0.717, 1.165) is 32.8 Å². The number of para-hydroxylation sites is 1. The predicted octanol–water partition coefficient (Wildman–Crippen LogP) is 4.39. The fourth-order valence-corrected chi connectivity index (χ4v) is 3.56. The van der Waals surface area contributed by atoms with Crippen LogP contribution in [0.15, 0.2) is 54.6 Å². The maximum Gasteiger partial charge on any atom is 0.189 e. The molecule has 2 aromatic carbocycles. The third kappa shape index (κ3) is 3.47.